The molecular weight excluding hydrogens is 248 g/mol. The summed E-state index contributed by atoms with van der Waals surface area (Å²) in [5.41, 5.74) is 0. The molecule has 1 rings (SSSR count). The summed E-state index contributed by atoms with van der Waals surface area (Å²) in [5, 5.41) is 12.4. The molecule has 0 aromatic carbocycles. The van der Waals surface area contributed by atoms with Crippen LogP contribution in [-0.4, -0.2) is 30.6 Å². The molecule has 0 aliphatic carbocycles. The van der Waals surface area contributed by atoms with Crippen molar-refractivity contribution in [2.75, 3.05) is 19.7 Å². The SMILES string of the molecule is CCCCCCCCCC=CC(CCO)C1=NCCN1. The van der Waals surface area contributed by atoms with E-state index >= 15 is 0 Å². The second-order valence-electron chi connectivity index (χ2n) is 5.65. The van der Waals surface area contributed by atoms with Gasteiger partial charge in [0.2, 0.25) is 0 Å². The van der Waals surface area contributed by atoms with Gasteiger partial charge in [-0.2, -0.15) is 0 Å². The van der Waals surface area contributed by atoms with Gasteiger partial charge in [-0.3, -0.25) is 4.99 Å². The number of nitrogens with zero attached hydrogens (tertiary/aromatic N) is 1. The summed E-state index contributed by atoms with van der Waals surface area (Å²) in [5.74, 6) is 1.35. The number of nitrogens with one attached hydrogen (secondary N) is 1. The van der Waals surface area contributed by atoms with Gasteiger partial charge in [0, 0.05) is 19.1 Å². The van der Waals surface area contributed by atoms with Gasteiger partial charge in [-0.1, -0.05) is 57.6 Å². The third kappa shape index (κ3) is 7.68. The molecular formula is C17H32N2O. The average molecular weight is 280 g/mol. The van der Waals surface area contributed by atoms with E-state index in [0.717, 1.165) is 31.8 Å². The summed E-state index contributed by atoms with van der Waals surface area (Å²) >= 11 is 0. The third-order valence-electron chi connectivity index (χ3n) is 3.83. The molecule has 1 heterocycles. The Labute approximate surface area is 124 Å². The fraction of sp³-hybridized carbons (Fsp3) is 0.824. The number of allylic oxidation sites excluding steroid dienone is 1. The van der Waals surface area contributed by atoms with Crippen LogP contribution in [0.4, 0.5) is 0 Å². The first-order chi connectivity index (χ1) is 9.88. The van der Waals surface area contributed by atoms with Crippen LogP contribution in [0, 0.1) is 5.92 Å². The Kier molecular flexibility index (Phi) is 10.3. The fourth-order valence-electron chi connectivity index (χ4n) is 2.61. The molecule has 116 valence electrons. The summed E-state index contributed by atoms with van der Waals surface area (Å²) in [6.45, 7) is 4.32. The minimum Gasteiger partial charge on any atom is -0.396 e. The highest BCUT2D eigenvalue weighted by Gasteiger charge is 2.14. The van der Waals surface area contributed by atoms with E-state index in [2.05, 4.69) is 29.4 Å². The second kappa shape index (κ2) is 12.0. The van der Waals surface area contributed by atoms with Crippen LogP contribution in [0.3, 0.4) is 0 Å². The van der Waals surface area contributed by atoms with E-state index in [4.69, 9.17) is 5.11 Å². The first-order valence-electron chi connectivity index (χ1n) is 8.44. The van der Waals surface area contributed by atoms with Crippen LogP contribution in [0.5, 0.6) is 0 Å². The van der Waals surface area contributed by atoms with Crippen molar-refractivity contribution < 1.29 is 5.11 Å². The molecule has 0 amide bonds. The molecule has 0 saturated carbocycles. The molecule has 0 radical (unpaired) electrons. The predicted molar refractivity (Wildman–Crippen MR) is 87.2 cm³/mol. The normalized spacial score (nSPS) is 16.4. The summed E-state index contributed by atoms with van der Waals surface area (Å²) in [6, 6.07) is 0. The number of aliphatic imine (C=N–C) groups is 1. The maximum atomic E-state index is 9.12. The van der Waals surface area contributed by atoms with Crippen LogP contribution in [0.25, 0.3) is 0 Å². The Bertz CT molecular complexity index is 287. The molecule has 0 fully saturated rings. The van der Waals surface area contributed by atoms with Crippen LogP contribution in [-0.2, 0) is 0 Å². The van der Waals surface area contributed by atoms with Gasteiger partial charge >= 0.3 is 0 Å². The minimum atomic E-state index is 0.229. The van der Waals surface area contributed by atoms with E-state index in [9.17, 15) is 0 Å². The summed E-state index contributed by atoms with van der Waals surface area (Å²) in [6.07, 6.45) is 15.9. The summed E-state index contributed by atoms with van der Waals surface area (Å²) in [7, 11) is 0. The van der Waals surface area contributed by atoms with Crippen LogP contribution in [0.15, 0.2) is 17.1 Å². The van der Waals surface area contributed by atoms with Crippen molar-refractivity contribution in [3.63, 3.8) is 0 Å². The van der Waals surface area contributed by atoms with Gasteiger partial charge in [0.25, 0.3) is 0 Å². The van der Waals surface area contributed by atoms with Gasteiger partial charge in [0.1, 0.15) is 5.84 Å². The Hall–Kier alpha value is -0.830. The molecule has 0 bridgehead atoms. The molecule has 3 heteroatoms. The molecule has 2 N–H and O–H groups in total. The van der Waals surface area contributed by atoms with Gasteiger partial charge in [0.05, 0.1) is 6.54 Å². The van der Waals surface area contributed by atoms with Gasteiger partial charge in [0.15, 0.2) is 0 Å². The Morgan fingerprint density at radius 3 is 2.60 bits per heavy atom. The van der Waals surface area contributed by atoms with Crippen molar-refractivity contribution in [2.45, 2.75) is 64.7 Å². The lowest BCUT2D eigenvalue weighted by Crippen LogP contribution is -2.26. The smallest absolute Gasteiger partial charge is 0.103 e. The highest BCUT2D eigenvalue weighted by molar-refractivity contribution is 5.87. The van der Waals surface area contributed by atoms with Gasteiger partial charge in [-0.15, -0.1) is 0 Å². The standard InChI is InChI=1S/C17H32N2O/c1-2-3-4-5-6-7-8-9-10-11-16(12-15-20)17-18-13-14-19-17/h10-11,16,20H,2-9,12-15H2,1H3,(H,18,19). The number of aliphatic hydroxyl groups excluding tert-OH is 1. The van der Waals surface area contributed by atoms with Crippen LogP contribution in [0.2, 0.25) is 0 Å². The molecule has 0 spiro atoms. The maximum absolute atomic E-state index is 9.12. The predicted octanol–water partition coefficient (Wildman–Crippen LogP) is 3.68. The molecule has 0 aromatic heterocycles. The van der Waals surface area contributed by atoms with E-state index in [1.54, 1.807) is 0 Å². The molecule has 3 nitrogen and oxygen atoms in total. The van der Waals surface area contributed by atoms with Crippen molar-refractivity contribution in [2.24, 2.45) is 10.9 Å². The van der Waals surface area contributed by atoms with Crippen molar-refractivity contribution in [1.82, 2.24) is 5.32 Å². The molecule has 0 saturated heterocycles. The van der Waals surface area contributed by atoms with Crippen molar-refractivity contribution >= 4 is 5.84 Å². The lowest BCUT2D eigenvalue weighted by molar-refractivity contribution is 0.281. The van der Waals surface area contributed by atoms with Crippen LogP contribution < -0.4 is 5.32 Å². The number of aliphatic hydroxyl groups is 1. The number of amidine groups is 1. The summed E-state index contributed by atoms with van der Waals surface area (Å²) < 4.78 is 0. The van der Waals surface area contributed by atoms with Crippen LogP contribution >= 0.6 is 0 Å². The number of unbranched alkanes of at least 4 members (excludes halogenated alkanes) is 7. The molecule has 1 unspecified atom stereocenters. The largest absolute Gasteiger partial charge is 0.396 e. The van der Waals surface area contributed by atoms with Crippen molar-refractivity contribution in [3.05, 3.63) is 12.2 Å². The minimum absolute atomic E-state index is 0.229. The molecule has 1 aliphatic rings. The Balaban J connectivity index is 2.08. The number of hydrogen-bond acceptors (Lipinski definition) is 3. The lowest BCUT2D eigenvalue weighted by Gasteiger charge is -2.11. The first-order valence-corrected chi connectivity index (χ1v) is 8.44. The van der Waals surface area contributed by atoms with E-state index in [-0.39, 0.29) is 12.5 Å². The van der Waals surface area contributed by atoms with Gasteiger partial charge in [-0.05, 0) is 19.3 Å². The van der Waals surface area contributed by atoms with E-state index in [1.807, 2.05) is 0 Å². The van der Waals surface area contributed by atoms with Crippen molar-refractivity contribution in [1.29, 1.82) is 0 Å². The second-order valence-corrected chi connectivity index (χ2v) is 5.65. The van der Waals surface area contributed by atoms with Gasteiger partial charge in [-0.25, -0.2) is 0 Å². The number of hydrogen-bond donors (Lipinski definition) is 2. The fourth-order valence-corrected chi connectivity index (χ4v) is 2.61. The zero-order valence-electron chi connectivity index (χ0n) is 13.1. The monoisotopic (exact) mass is 280 g/mol. The quantitative estimate of drug-likeness (QED) is 0.423. The third-order valence-corrected chi connectivity index (χ3v) is 3.83. The first kappa shape index (κ1) is 17.2. The number of rotatable bonds is 12. The molecule has 1 aliphatic heterocycles. The topological polar surface area (TPSA) is 44.6 Å². The molecule has 0 aromatic rings. The zero-order chi connectivity index (χ0) is 14.5. The summed E-state index contributed by atoms with van der Waals surface area (Å²) in [4.78, 5) is 4.45. The van der Waals surface area contributed by atoms with E-state index < -0.39 is 0 Å². The lowest BCUT2D eigenvalue weighted by atomic mass is 10.0. The van der Waals surface area contributed by atoms with E-state index in [1.165, 1.54) is 44.9 Å². The van der Waals surface area contributed by atoms with E-state index in [0.29, 0.717) is 0 Å². The van der Waals surface area contributed by atoms with Crippen LogP contribution in [0.1, 0.15) is 64.7 Å². The molecule has 1 atom stereocenters. The maximum Gasteiger partial charge on any atom is 0.103 e. The molecule has 20 heavy (non-hydrogen) atoms. The highest BCUT2D eigenvalue weighted by atomic mass is 16.3. The zero-order valence-corrected chi connectivity index (χ0v) is 13.1. The Morgan fingerprint density at radius 1 is 1.20 bits per heavy atom. The Morgan fingerprint density at radius 2 is 1.95 bits per heavy atom. The van der Waals surface area contributed by atoms with Gasteiger partial charge < -0.3 is 10.4 Å². The average Bonchev–Trinajstić information content (AvgIpc) is 2.98. The highest BCUT2D eigenvalue weighted by Crippen LogP contribution is 2.12. The van der Waals surface area contributed by atoms with Crippen molar-refractivity contribution in [3.8, 4) is 0 Å².